The largest absolute Gasteiger partial charge is 0.352 e. The summed E-state index contributed by atoms with van der Waals surface area (Å²) >= 11 is 4.02. The maximum atomic E-state index is 5.70. The minimum absolute atomic E-state index is 0.0857. The lowest BCUT2D eigenvalue weighted by Crippen LogP contribution is -2.31. The fourth-order valence-corrected chi connectivity index (χ4v) is 12.7. The van der Waals surface area contributed by atoms with Crippen molar-refractivity contribution in [3.8, 4) is 0 Å². The van der Waals surface area contributed by atoms with Gasteiger partial charge in [-0.25, -0.2) is 4.99 Å². The number of aromatic nitrogens is 1. The number of fused-ring (bicyclic) bond motifs is 12. The van der Waals surface area contributed by atoms with Crippen LogP contribution in [0.4, 0.5) is 0 Å². The van der Waals surface area contributed by atoms with E-state index in [1.54, 1.807) is 0 Å². The Bertz CT molecular complexity index is 3060. The summed E-state index contributed by atoms with van der Waals surface area (Å²) in [5, 5.41) is 6.96. The molecule has 0 saturated carbocycles. The number of amidine groups is 1. The van der Waals surface area contributed by atoms with Crippen LogP contribution in [0.15, 0.2) is 155 Å². The molecule has 0 saturated heterocycles. The first kappa shape index (κ1) is 34.7. The molecule has 5 aromatic carbocycles. The van der Waals surface area contributed by atoms with Gasteiger partial charge < -0.3 is 9.47 Å². The van der Waals surface area contributed by atoms with Crippen LogP contribution in [-0.4, -0.2) is 22.4 Å². The molecule has 4 unspecified atom stereocenters. The Hall–Kier alpha value is -5.49. The van der Waals surface area contributed by atoms with E-state index in [1.165, 1.54) is 79.2 Å². The molecule has 0 N–H and O–H groups in total. The Morgan fingerprint density at radius 3 is 2.28 bits per heavy atom. The van der Waals surface area contributed by atoms with E-state index < -0.39 is 0 Å². The summed E-state index contributed by atoms with van der Waals surface area (Å²) in [5.41, 5.74) is 10.3. The number of hydrogen-bond acceptors (Lipinski definition) is 4. The number of para-hydroxylation sites is 1. The lowest BCUT2D eigenvalue weighted by Gasteiger charge is -2.30. The second-order valence-corrected chi connectivity index (χ2v) is 18.3. The number of rotatable bonds is 5. The second kappa shape index (κ2) is 13.6. The van der Waals surface area contributed by atoms with Crippen LogP contribution in [0.2, 0.25) is 0 Å². The molecule has 0 radical (unpaired) electrons. The average molecular weight is 776 g/mol. The highest BCUT2D eigenvalue weighted by molar-refractivity contribution is 7.31. The van der Waals surface area contributed by atoms with E-state index in [1.807, 2.05) is 22.7 Å². The maximum absolute atomic E-state index is 5.70. The van der Waals surface area contributed by atoms with Crippen molar-refractivity contribution in [2.45, 2.75) is 58.0 Å². The third kappa shape index (κ3) is 5.32. The predicted molar refractivity (Wildman–Crippen MR) is 247 cm³/mol. The summed E-state index contributed by atoms with van der Waals surface area (Å²) in [6.07, 6.45) is 15.2. The third-order valence-electron chi connectivity index (χ3n) is 12.9. The van der Waals surface area contributed by atoms with Crippen LogP contribution in [0.3, 0.4) is 0 Å². The highest BCUT2D eigenvalue weighted by atomic mass is 32.1. The fraction of sp³-hybridized carbons (Fsp3) is 0.212. The molecule has 5 heteroatoms. The molecule has 4 heterocycles. The van der Waals surface area contributed by atoms with Crippen LogP contribution in [0.5, 0.6) is 0 Å². The van der Waals surface area contributed by atoms with Gasteiger partial charge in [0.15, 0.2) is 0 Å². The van der Waals surface area contributed by atoms with Gasteiger partial charge in [-0.15, -0.1) is 22.7 Å². The Labute approximate surface area is 342 Å². The predicted octanol–water partition coefficient (Wildman–Crippen LogP) is 14.8. The topological polar surface area (TPSA) is 20.5 Å². The molecule has 57 heavy (non-hydrogen) atoms. The summed E-state index contributed by atoms with van der Waals surface area (Å²) in [4.78, 5) is 9.65. The molecule has 3 nitrogen and oxygen atoms in total. The minimum Gasteiger partial charge on any atom is -0.352 e. The number of allylic oxidation sites excluding steroid dienone is 4. The first-order valence-corrected chi connectivity index (χ1v) is 22.2. The van der Waals surface area contributed by atoms with Crippen molar-refractivity contribution in [3.05, 3.63) is 172 Å². The van der Waals surface area contributed by atoms with Gasteiger partial charge in [0.1, 0.15) is 5.84 Å². The van der Waals surface area contributed by atoms with Crippen LogP contribution >= 0.6 is 22.7 Å². The normalized spacial score (nSPS) is 21.2. The van der Waals surface area contributed by atoms with E-state index in [4.69, 9.17) is 4.99 Å². The highest BCUT2D eigenvalue weighted by Gasteiger charge is 2.33. The molecule has 8 aromatic rings. The first-order valence-electron chi connectivity index (χ1n) is 20.5. The molecule has 4 atom stereocenters. The molecular formula is C52H45N3S2. The van der Waals surface area contributed by atoms with Crippen molar-refractivity contribution in [2.24, 2.45) is 10.9 Å². The van der Waals surface area contributed by atoms with Crippen LogP contribution in [-0.2, 0) is 0 Å². The SMILES string of the molecule is CCC1=C(C2=CC(n3c4ccccc4c4c5c6c(sc5c5sc7ccccc7c5c43)C(C)CC=C6)C(C)C=C2)N=C(c2ccccc2)N(C)C(c2ccccc2)C1. The van der Waals surface area contributed by atoms with E-state index in [9.17, 15) is 0 Å². The minimum atomic E-state index is 0.0857. The Morgan fingerprint density at radius 1 is 0.754 bits per heavy atom. The lowest BCUT2D eigenvalue weighted by atomic mass is 9.88. The first-order chi connectivity index (χ1) is 28.0. The molecule has 1 aliphatic heterocycles. The van der Waals surface area contributed by atoms with E-state index in [2.05, 4.69) is 177 Å². The smallest absolute Gasteiger partial charge is 0.136 e. The van der Waals surface area contributed by atoms with Crippen LogP contribution in [0, 0.1) is 5.92 Å². The zero-order valence-electron chi connectivity index (χ0n) is 32.9. The zero-order valence-corrected chi connectivity index (χ0v) is 34.5. The number of benzene rings is 5. The van der Waals surface area contributed by atoms with Gasteiger partial charge in [0, 0.05) is 54.6 Å². The molecule has 0 fully saturated rings. The molecule has 3 aliphatic rings. The van der Waals surface area contributed by atoms with Crippen molar-refractivity contribution < 1.29 is 0 Å². The van der Waals surface area contributed by atoms with Crippen molar-refractivity contribution in [2.75, 3.05) is 7.05 Å². The average Bonchev–Trinajstić information content (AvgIpc) is 3.90. The molecule has 3 aromatic heterocycles. The molecular weight excluding hydrogens is 731 g/mol. The molecule has 0 bridgehead atoms. The van der Waals surface area contributed by atoms with Gasteiger partial charge in [0.05, 0.1) is 32.7 Å². The maximum Gasteiger partial charge on any atom is 0.136 e. The summed E-state index contributed by atoms with van der Waals surface area (Å²) in [6.45, 7) is 7.11. The zero-order chi connectivity index (χ0) is 38.4. The number of hydrogen-bond donors (Lipinski definition) is 0. The van der Waals surface area contributed by atoms with Gasteiger partial charge in [-0.2, -0.15) is 0 Å². The van der Waals surface area contributed by atoms with Crippen LogP contribution in [0.25, 0.3) is 58.1 Å². The molecule has 11 rings (SSSR count). The quantitative estimate of drug-likeness (QED) is 0.171. The Kier molecular flexibility index (Phi) is 8.27. The summed E-state index contributed by atoms with van der Waals surface area (Å²) in [7, 11) is 2.23. The monoisotopic (exact) mass is 775 g/mol. The van der Waals surface area contributed by atoms with Crippen LogP contribution < -0.4 is 0 Å². The van der Waals surface area contributed by atoms with Gasteiger partial charge in [0.25, 0.3) is 0 Å². The van der Waals surface area contributed by atoms with Gasteiger partial charge in [0.2, 0.25) is 0 Å². The second-order valence-electron chi connectivity index (χ2n) is 16.2. The molecule has 0 spiro atoms. The van der Waals surface area contributed by atoms with Gasteiger partial charge in [-0.3, -0.25) is 0 Å². The number of nitrogens with zero attached hydrogens (tertiary/aromatic N) is 3. The Morgan fingerprint density at radius 2 is 1.47 bits per heavy atom. The van der Waals surface area contributed by atoms with Crippen LogP contribution in [0.1, 0.15) is 79.6 Å². The lowest BCUT2D eigenvalue weighted by molar-refractivity contribution is 0.374. The van der Waals surface area contributed by atoms with Gasteiger partial charge in [-0.1, -0.05) is 148 Å². The number of aliphatic imine (C=N–C) groups is 1. The summed E-state index contributed by atoms with van der Waals surface area (Å²) in [6, 6.07) is 40.3. The summed E-state index contributed by atoms with van der Waals surface area (Å²) < 4.78 is 6.97. The van der Waals surface area contributed by atoms with Crippen molar-refractivity contribution in [1.82, 2.24) is 9.47 Å². The van der Waals surface area contributed by atoms with E-state index in [0.717, 1.165) is 36.4 Å². The number of thiophene rings is 2. The van der Waals surface area contributed by atoms with E-state index in [0.29, 0.717) is 5.92 Å². The van der Waals surface area contributed by atoms with Crippen molar-refractivity contribution in [1.29, 1.82) is 0 Å². The highest BCUT2D eigenvalue weighted by Crippen LogP contribution is 2.54. The fourth-order valence-electron chi connectivity index (χ4n) is 9.97. The molecule has 2 aliphatic carbocycles. The van der Waals surface area contributed by atoms with Crippen molar-refractivity contribution >= 4 is 86.6 Å². The molecule has 0 amide bonds. The van der Waals surface area contributed by atoms with E-state index in [-0.39, 0.29) is 18.0 Å². The van der Waals surface area contributed by atoms with Gasteiger partial charge in [-0.05, 0) is 65.5 Å². The van der Waals surface area contributed by atoms with Crippen molar-refractivity contribution in [3.63, 3.8) is 0 Å². The summed E-state index contributed by atoms with van der Waals surface area (Å²) in [5.74, 6) is 1.81. The third-order valence-corrected chi connectivity index (χ3v) is 15.6. The standard InChI is InChI=1S/C52H45N3S2/c1-5-33-29-42(34-18-8-6-9-19-34)54(4)52(35-20-10-7-11-21-35)53-47(33)36-28-27-31(2)41(30-36)55-40-25-14-12-22-37(40)44-45-39-24-16-17-32(3)49(39)57-50(45)51-46(48(44)55)38-23-13-15-26-43(38)56-51/h6-16,18-28,30-32,41-42H,5,17,29H2,1-4H3. The Balaban J connectivity index is 1.20. The van der Waals surface area contributed by atoms with E-state index >= 15 is 0 Å². The molecule has 280 valence electrons. The van der Waals surface area contributed by atoms with Gasteiger partial charge >= 0.3 is 0 Å².